The van der Waals surface area contributed by atoms with E-state index in [1.165, 1.54) is 12.1 Å². The predicted octanol–water partition coefficient (Wildman–Crippen LogP) is 5.90. The van der Waals surface area contributed by atoms with E-state index in [0.717, 1.165) is 34.0 Å². The van der Waals surface area contributed by atoms with Crippen LogP contribution in [-0.2, 0) is 17.8 Å². The standard InChI is InChI=1S/C27H25ClFN3O2/c1-18-20(6-4-8-25(18)28)17-30-27(33)14-9-22-16-26(19-5-3-7-21(29)15-19)32(31-22)23-10-12-24(34-2)13-11-23/h3-8,10-13,15-16H,9,14,17H2,1-2H3,(H,30,33). The highest BCUT2D eigenvalue weighted by Gasteiger charge is 2.14. The summed E-state index contributed by atoms with van der Waals surface area (Å²) in [5.74, 6) is 0.331. The normalized spacial score (nSPS) is 10.8. The van der Waals surface area contributed by atoms with E-state index in [4.69, 9.17) is 21.4 Å². The van der Waals surface area contributed by atoms with Gasteiger partial charge in [-0.05, 0) is 66.6 Å². The van der Waals surface area contributed by atoms with Crippen molar-refractivity contribution >= 4 is 17.5 Å². The van der Waals surface area contributed by atoms with Gasteiger partial charge in [-0.2, -0.15) is 5.10 Å². The molecule has 1 aromatic heterocycles. The van der Waals surface area contributed by atoms with Crippen molar-refractivity contribution in [2.75, 3.05) is 7.11 Å². The van der Waals surface area contributed by atoms with Gasteiger partial charge in [0.05, 0.1) is 24.2 Å². The molecule has 0 bridgehead atoms. The fraction of sp³-hybridized carbons (Fsp3) is 0.185. The molecule has 0 unspecified atom stereocenters. The van der Waals surface area contributed by atoms with Crippen LogP contribution in [0.5, 0.6) is 5.75 Å². The molecule has 7 heteroatoms. The summed E-state index contributed by atoms with van der Waals surface area (Å²) < 4.78 is 20.9. The van der Waals surface area contributed by atoms with Crippen molar-refractivity contribution in [3.05, 3.63) is 100 Å². The Kier molecular flexibility index (Phi) is 7.28. The Labute approximate surface area is 203 Å². The second-order valence-corrected chi connectivity index (χ2v) is 8.35. The molecule has 4 rings (SSSR count). The van der Waals surface area contributed by atoms with Gasteiger partial charge in [0, 0.05) is 30.0 Å². The zero-order valence-corrected chi connectivity index (χ0v) is 19.8. The van der Waals surface area contributed by atoms with Gasteiger partial charge in [-0.3, -0.25) is 4.79 Å². The van der Waals surface area contributed by atoms with Gasteiger partial charge < -0.3 is 10.1 Å². The topological polar surface area (TPSA) is 56.2 Å². The lowest BCUT2D eigenvalue weighted by Crippen LogP contribution is -2.23. The fourth-order valence-corrected chi connectivity index (χ4v) is 3.89. The number of nitrogens with one attached hydrogen (secondary N) is 1. The molecule has 34 heavy (non-hydrogen) atoms. The highest BCUT2D eigenvalue weighted by molar-refractivity contribution is 6.31. The van der Waals surface area contributed by atoms with Crippen LogP contribution in [0.25, 0.3) is 16.9 Å². The van der Waals surface area contributed by atoms with Crippen LogP contribution in [0.1, 0.15) is 23.2 Å². The summed E-state index contributed by atoms with van der Waals surface area (Å²) in [6.45, 7) is 2.35. The largest absolute Gasteiger partial charge is 0.497 e. The van der Waals surface area contributed by atoms with E-state index in [0.29, 0.717) is 23.6 Å². The lowest BCUT2D eigenvalue weighted by Gasteiger charge is -2.09. The summed E-state index contributed by atoms with van der Waals surface area (Å²) >= 11 is 6.16. The van der Waals surface area contributed by atoms with Crippen LogP contribution in [-0.4, -0.2) is 22.8 Å². The third-order valence-electron chi connectivity index (χ3n) is 5.66. The van der Waals surface area contributed by atoms with Crippen LogP contribution in [0.2, 0.25) is 5.02 Å². The Morgan fingerprint density at radius 1 is 1.09 bits per heavy atom. The molecular weight excluding hydrogens is 453 g/mol. The number of aryl methyl sites for hydroxylation is 1. The summed E-state index contributed by atoms with van der Waals surface area (Å²) in [5.41, 5.74) is 4.95. The molecule has 1 N–H and O–H groups in total. The van der Waals surface area contributed by atoms with Crippen molar-refractivity contribution in [3.8, 4) is 22.7 Å². The summed E-state index contributed by atoms with van der Waals surface area (Å²) in [7, 11) is 1.61. The maximum absolute atomic E-state index is 13.9. The second-order valence-electron chi connectivity index (χ2n) is 7.94. The van der Waals surface area contributed by atoms with Crippen LogP contribution < -0.4 is 10.1 Å². The zero-order valence-electron chi connectivity index (χ0n) is 19.0. The van der Waals surface area contributed by atoms with Crippen LogP contribution in [0.15, 0.2) is 72.8 Å². The molecule has 5 nitrogen and oxygen atoms in total. The molecule has 0 spiro atoms. The number of amides is 1. The Bertz CT molecular complexity index is 1300. The van der Waals surface area contributed by atoms with Gasteiger partial charge in [0.1, 0.15) is 11.6 Å². The predicted molar refractivity (Wildman–Crippen MR) is 132 cm³/mol. The van der Waals surface area contributed by atoms with Crippen molar-refractivity contribution in [2.24, 2.45) is 0 Å². The highest BCUT2D eigenvalue weighted by Crippen LogP contribution is 2.26. The van der Waals surface area contributed by atoms with E-state index >= 15 is 0 Å². The second kappa shape index (κ2) is 10.5. The van der Waals surface area contributed by atoms with E-state index in [2.05, 4.69) is 5.32 Å². The highest BCUT2D eigenvalue weighted by atomic mass is 35.5. The minimum Gasteiger partial charge on any atom is -0.497 e. The van der Waals surface area contributed by atoms with Crippen molar-refractivity contribution in [2.45, 2.75) is 26.3 Å². The molecule has 0 aliphatic rings. The number of aromatic nitrogens is 2. The molecule has 0 radical (unpaired) electrons. The summed E-state index contributed by atoms with van der Waals surface area (Å²) in [6.07, 6.45) is 0.730. The average molecular weight is 478 g/mol. The molecule has 0 saturated heterocycles. The maximum atomic E-state index is 13.9. The molecule has 0 aliphatic heterocycles. The number of ether oxygens (including phenoxy) is 1. The lowest BCUT2D eigenvalue weighted by molar-refractivity contribution is -0.121. The molecule has 3 aromatic carbocycles. The Morgan fingerprint density at radius 2 is 1.85 bits per heavy atom. The number of hydrogen-bond donors (Lipinski definition) is 1. The number of carbonyl (C=O) groups excluding carboxylic acids is 1. The zero-order chi connectivity index (χ0) is 24.1. The van der Waals surface area contributed by atoms with Crippen LogP contribution in [0.4, 0.5) is 4.39 Å². The van der Waals surface area contributed by atoms with Gasteiger partial charge in [-0.15, -0.1) is 0 Å². The van der Waals surface area contributed by atoms with E-state index in [1.54, 1.807) is 17.9 Å². The van der Waals surface area contributed by atoms with E-state index in [1.807, 2.05) is 61.5 Å². The lowest BCUT2D eigenvalue weighted by atomic mass is 10.1. The first-order chi connectivity index (χ1) is 16.4. The summed E-state index contributed by atoms with van der Waals surface area (Å²) in [4.78, 5) is 12.5. The first-order valence-corrected chi connectivity index (χ1v) is 11.3. The molecule has 1 heterocycles. The molecule has 0 atom stereocenters. The van der Waals surface area contributed by atoms with Gasteiger partial charge in [-0.1, -0.05) is 35.9 Å². The van der Waals surface area contributed by atoms with Crippen molar-refractivity contribution < 1.29 is 13.9 Å². The first-order valence-electron chi connectivity index (χ1n) is 10.9. The minimum absolute atomic E-state index is 0.0781. The van der Waals surface area contributed by atoms with Gasteiger partial charge in [0.2, 0.25) is 5.91 Å². The molecule has 4 aromatic rings. The molecule has 174 valence electrons. The van der Waals surface area contributed by atoms with E-state index in [-0.39, 0.29) is 18.1 Å². The van der Waals surface area contributed by atoms with E-state index in [9.17, 15) is 9.18 Å². The number of rotatable bonds is 8. The number of benzene rings is 3. The maximum Gasteiger partial charge on any atom is 0.220 e. The SMILES string of the molecule is COc1ccc(-n2nc(CCC(=O)NCc3cccc(Cl)c3C)cc2-c2cccc(F)c2)cc1. The Balaban J connectivity index is 1.51. The third kappa shape index (κ3) is 5.46. The number of methoxy groups -OCH3 is 1. The van der Waals surface area contributed by atoms with Gasteiger partial charge in [-0.25, -0.2) is 9.07 Å². The van der Waals surface area contributed by atoms with Crippen LogP contribution in [0, 0.1) is 12.7 Å². The van der Waals surface area contributed by atoms with E-state index < -0.39 is 0 Å². The van der Waals surface area contributed by atoms with Crippen molar-refractivity contribution in [1.82, 2.24) is 15.1 Å². The third-order valence-corrected chi connectivity index (χ3v) is 6.07. The molecule has 0 saturated carbocycles. The van der Waals surface area contributed by atoms with Crippen molar-refractivity contribution in [1.29, 1.82) is 0 Å². The van der Waals surface area contributed by atoms with Crippen LogP contribution in [0.3, 0.4) is 0 Å². The Hall–Kier alpha value is -3.64. The Morgan fingerprint density at radius 3 is 2.59 bits per heavy atom. The molecule has 0 fully saturated rings. The van der Waals surface area contributed by atoms with Crippen molar-refractivity contribution in [3.63, 3.8) is 0 Å². The average Bonchev–Trinajstić information content (AvgIpc) is 3.28. The molecular formula is C27H25ClFN3O2. The molecule has 1 amide bonds. The number of halogens is 2. The first kappa shape index (κ1) is 23.5. The summed E-state index contributed by atoms with van der Waals surface area (Å²) in [5, 5.41) is 8.34. The summed E-state index contributed by atoms with van der Waals surface area (Å²) in [6, 6.07) is 21.4. The number of carbonyl (C=O) groups is 1. The van der Waals surface area contributed by atoms with Crippen LogP contribution >= 0.6 is 11.6 Å². The van der Waals surface area contributed by atoms with Gasteiger partial charge in [0.15, 0.2) is 0 Å². The number of nitrogens with zero attached hydrogens (tertiary/aromatic N) is 2. The number of hydrogen-bond acceptors (Lipinski definition) is 3. The molecule has 0 aliphatic carbocycles. The fourth-order valence-electron chi connectivity index (χ4n) is 3.69. The smallest absolute Gasteiger partial charge is 0.220 e. The van der Waals surface area contributed by atoms with Gasteiger partial charge >= 0.3 is 0 Å². The monoisotopic (exact) mass is 477 g/mol. The quantitative estimate of drug-likeness (QED) is 0.344. The minimum atomic E-state index is -0.322. The van der Waals surface area contributed by atoms with Gasteiger partial charge in [0.25, 0.3) is 0 Å².